The SMILES string of the molecule is COc1ccc(N2C3=[N+](CCCCC3)CC2(O)c2ccc(OC(F)F)cc2)cc1.[Cl-]. The summed E-state index contributed by atoms with van der Waals surface area (Å²) in [5.74, 6) is 1.90. The van der Waals surface area contributed by atoms with Crippen LogP contribution in [0.15, 0.2) is 48.5 Å². The van der Waals surface area contributed by atoms with Gasteiger partial charge in [0.25, 0.3) is 11.6 Å². The van der Waals surface area contributed by atoms with Gasteiger partial charge in [-0.3, -0.25) is 4.58 Å². The van der Waals surface area contributed by atoms with E-state index in [-0.39, 0.29) is 18.2 Å². The molecule has 0 saturated carbocycles. The van der Waals surface area contributed by atoms with Gasteiger partial charge in [0.05, 0.1) is 13.7 Å². The number of halogens is 3. The van der Waals surface area contributed by atoms with Crippen molar-refractivity contribution < 1.29 is 40.3 Å². The van der Waals surface area contributed by atoms with E-state index in [1.807, 2.05) is 29.2 Å². The highest BCUT2D eigenvalue weighted by Gasteiger charge is 2.54. The predicted molar refractivity (Wildman–Crippen MR) is 106 cm³/mol. The number of alkyl halides is 2. The van der Waals surface area contributed by atoms with Gasteiger partial charge >= 0.3 is 6.61 Å². The summed E-state index contributed by atoms with van der Waals surface area (Å²) >= 11 is 0. The molecule has 5 nitrogen and oxygen atoms in total. The van der Waals surface area contributed by atoms with Gasteiger partial charge in [-0.25, -0.2) is 0 Å². The molecule has 2 aliphatic heterocycles. The van der Waals surface area contributed by atoms with Crippen molar-refractivity contribution in [3.63, 3.8) is 0 Å². The minimum absolute atomic E-state index is 0. The Hall–Kier alpha value is -2.38. The standard InChI is InChI=1S/C22H25F2N2O3.ClH/c1-28-18-12-8-17(9-13-18)26-20-5-3-2-4-14-25(20)15-22(26,27)16-6-10-19(11-7-16)29-21(23)24;/h6-13,21,27H,2-5,14-15H2,1H3;1H/q+1;/p-1. The fraction of sp³-hybridized carbons (Fsp3) is 0.409. The third kappa shape index (κ3) is 4.23. The monoisotopic (exact) mass is 438 g/mol. The summed E-state index contributed by atoms with van der Waals surface area (Å²) in [7, 11) is 1.62. The molecule has 0 spiro atoms. The average Bonchev–Trinajstić information content (AvgIpc) is 2.84. The minimum atomic E-state index is -2.88. The van der Waals surface area contributed by atoms with Crippen molar-refractivity contribution in [1.82, 2.24) is 0 Å². The first-order valence-electron chi connectivity index (χ1n) is 9.84. The number of benzene rings is 2. The Morgan fingerprint density at radius 1 is 1.00 bits per heavy atom. The van der Waals surface area contributed by atoms with Crippen LogP contribution in [0, 0.1) is 0 Å². The van der Waals surface area contributed by atoms with Crippen molar-refractivity contribution in [2.24, 2.45) is 0 Å². The number of hydrogen-bond acceptors (Lipinski definition) is 4. The van der Waals surface area contributed by atoms with E-state index < -0.39 is 12.3 Å². The van der Waals surface area contributed by atoms with Crippen molar-refractivity contribution in [1.29, 1.82) is 0 Å². The summed E-state index contributed by atoms with van der Waals surface area (Å²) in [5, 5.41) is 11.8. The number of aliphatic hydroxyl groups is 1. The van der Waals surface area contributed by atoms with Crippen LogP contribution in [0.4, 0.5) is 14.5 Å². The molecule has 0 fully saturated rings. The second-order valence-corrected chi connectivity index (χ2v) is 7.40. The Labute approximate surface area is 180 Å². The normalized spacial score (nSPS) is 21.2. The topological polar surface area (TPSA) is 44.9 Å². The molecule has 1 N–H and O–H groups in total. The second kappa shape index (κ2) is 9.18. The van der Waals surface area contributed by atoms with Gasteiger partial charge in [-0.15, -0.1) is 0 Å². The van der Waals surface area contributed by atoms with E-state index in [2.05, 4.69) is 9.31 Å². The summed E-state index contributed by atoms with van der Waals surface area (Å²) in [6.45, 7) is -1.57. The van der Waals surface area contributed by atoms with E-state index in [0.717, 1.165) is 49.5 Å². The highest BCUT2D eigenvalue weighted by molar-refractivity contribution is 5.97. The summed E-state index contributed by atoms with van der Waals surface area (Å²) in [6, 6.07) is 13.9. The van der Waals surface area contributed by atoms with E-state index in [4.69, 9.17) is 4.74 Å². The lowest BCUT2D eigenvalue weighted by molar-refractivity contribution is -0.534. The van der Waals surface area contributed by atoms with Crippen LogP contribution in [-0.4, -0.2) is 42.3 Å². The largest absolute Gasteiger partial charge is 1.00 e. The molecule has 2 aromatic carbocycles. The number of ether oxygens (including phenoxy) is 2. The molecule has 0 aliphatic carbocycles. The Morgan fingerprint density at radius 2 is 1.67 bits per heavy atom. The molecule has 0 amide bonds. The molecule has 2 heterocycles. The van der Waals surface area contributed by atoms with Gasteiger partial charge in [0.2, 0.25) is 0 Å². The quantitative estimate of drug-likeness (QED) is 0.706. The van der Waals surface area contributed by atoms with E-state index in [9.17, 15) is 13.9 Å². The first kappa shape index (κ1) is 22.3. The zero-order valence-electron chi connectivity index (χ0n) is 16.7. The Balaban J connectivity index is 0.00000256. The van der Waals surface area contributed by atoms with Gasteiger partial charge in [-0.1, -0.05) is 0 Å². The van der Waals surface area contributed by atoms with Crippen molar-refractivity contribution in [3.8, 4) is 11.5 Å². The molecule has 2 aliphatic rings. The van der Waals surface area contributed by atoms with Crippen LogP contribution in [-0.2, 0) is 5.72 Å². The van der Waals surface area contributed by atoms with Crippen LogP contribution in [0.3, 0.4) is 0 Å². The molecule has 30 heavy (non-hydrogen) atoms. The van der Waals surface area contributed by atoms with Gasteiger partial charge in [0.1, 0.15) is 17.2 Å². The molecule has 8 heteroatoms. The lowest BCUT2D eigenvalue weighted by Gasteiger charge is -2.29. The summed E-state index contributed by atoms with van der Waals surface area (Å²) in [6.07, 6.45) is 4.18. The second-order valence-electron chi connectivity index (χ2n) is 7.40. The van der Waals surface area contributed by atoms with E-state index >= 15 is 0 Å². The van der Waals surface area contributed by atoms with Crippen LogP contribution in [0.25, 0.3) is 0 Å². The van der Waals surface area contributed by atoms with Crippen molar-refractivity contribution in [2.45, 2.75) is 38.0 Å². The molecule has 162 valence electrons. The maximum atomic E-state index is 12.5. The van der Waals surface area contributed by atoms with Gasteiger partial charge in [0.15, 0.2) is 6.54 Å². The molecule has 0 bridgehead atoms. The number of rotatable bonds is 5. The first-order chi connectivity index (χ1) is 14.0. The maximum absolute atomic E-state index is 12.5. The van der Waals surface area contributed by atoms with Crippen LogP contribution in [0.5, 0.6) is 11.5 Å². The summed E-state index contributed by atoms with van der Waals surface area (Å²) < 4.78 is 36.9. The molecule has 0 aromatic heterocycles. The minimum Gasteiger partial charge on any atom is -1.00 e. The van der Waals surface area contributed by atoms with Crippen molar-refractivity contribution in [3.05, 3.63) is 54.1 Å². The number of anilines is 1. The fourth-order valence-electron chi connectivity index (χ4n) is 4.24. The van der Waals surface area contributed by atoms with Crippen LogP contribution >= 0.6 is 0 Å². The molecule has 2 aromatic rings. The first-order valence-corrected chi connectivity index (χ1v) is 9.84. The Bertz CT molecular complexity index is 890. The van der Waals surface area contributed by atoms with Gasteiger partial charge in [-0.05, 0) is 67.8 Å². The highest BCUT2D eigenvalue weighted by Crippen LogP contribution is 2.38. The molecule has 1 unspecified atom stereocenters. The molecular weight excluding hydrogens is 414 g/mol. The summed E-state index contributed by atoms with van der Waals surface area (Å²) in [5.41, 5.74) is 0.195. The van der Waals surface area contributed by atoms with Crippen LogP contribution < -0.4 is 26.8 Å². The lowest BCUT2D eigenvalue weighted by atomic mass is 9.99. The van der Waals surface area contributed by atoms with E-state index in [1.165, 1.54) is 12.1 Å². The smallest absolute Gasteiger partial charge is 0.387 e. The fourth-order valence-corrected chi connectivity index (χ4v) is 4.24. The molecule has 4 rings (SSSR count). The zero-order valence-corrected chi connectivity index (χ0v) is 17.5. The Morgan fingerprint density at radius 3 is 2.30 bits per heavy atom. The number of nitrogens with zero attached hydrogens (tertiary/aromatic N) is 2. The lowest BCUT2D eigenvalue weighted by Crippen LogP contribution is -3.00. The third-order valence-corrected chi connectivity index (χ3v) is 5.61. The van der Waals surface area contributed by atoms with Gasteiger partial charge < -0.3 is 27.0 Å². The number of amidine groups is 1. The molecule has 0 saturated heterocycles. The van der Waals surface area contributed by atoms with Gasteiger partial charge in [0, 0.05) is 12.0 Å². The van der Waals surface area contributed by atoms with Crippen molar-refractivity contribution >= 4 is 11.5 Å². The van der Waals surface area contributed by atoms with Crippen LogP contribution in [0.2, 0.25) is 0 Å². The molecule has 1 atom stereocenters. The van der Waals surface area contributed by atoms with E-state index in [1.54, 1.807) is 19.2 Å². The van der Waals surface area contributed by atoms with Gasteiger partial charge in [-0.2, -0.15) is 13.7 Å². The van der Waals surface area contributed by atoms with Crippen LogP contribution in [0.1, 0.15) is 31.2 Å². The molecule has 0 radical (unpaired) electrons. The third-order valence-electron chi connectivity index (χ3n) is 5.61. The van der Waals surface area contributed by atoms with Crippen molar-refractivity contribution in [2.75, 3.05) is 25.1 Å². The zero-order chi connectivity index (χ0) is 20.4. The highest BCUT2D eigenvalue weighted by atomic mass is 35.5. The molecular formula is C22H25ClF2N2O3. The predicted octanol–water partition coefficient (Wildman–Crippen LogP) is 0.951. The maximum Gasteiger partial charge on any atom is 0.387 e. The van der Waals surface area contributed by atoms with E-state index in [0.29, 0.717) is 12.1 Å². The summed E-state index contributed by atoms with van der Waals surface area (Å²) in [4.78, 5) is 1.97. The number of hydrogen-bond donors (Lipinski definition) is 1. The number of methoxy groups -OCH3 is 1. The Kier molecular flexibility index (Phi) is 6.83. The average molecular weight is 439 g/mol.